The van der Waals surface area contributed by atoms with E-state index in [-0.39, 0.29) is 15.6 Å². The highest BCUT2D eigenvalue weighted by molar-refractivity contribution is 7.90. The zero-order valence-electron chi connectivity index (χ0n) is 19.9. The average Bonchev–Trinajstić information content (AvgIpc) is 2.96. The standard InChI is InChI=1S/C27H28N2O4S2/c1-4-7-24-18-22-8-5-6-9-23(22)19-27(28-34(30,31)25-14-10-20(2)11-15-25)29(24)35(32,33)26-16-12-21(3)13-17-26/h5-6,8-19,28H,4,7H2,1-3H3. The van der Waals surface area contributed by atoms with Crippen molar-refractivity contribution in [2.24, 2.45) is 0 Å². The van der Waals surface area contributed by atoms with Gasteiger partial charge in [0, 0.05) is 5.70 Å². The van der Waals surface area contributed by atoms with Crippen molar-refractivity contribution in [3.8, 4) is 0 Å². The molecule has 182 valence electrons. The Balaban J connectivity index is 1.92. The molecule has 8 heteroatoms. The Kier molecular flexibility index (Phi) is 6.87. The van der Waals surface area contributed by atoms with Gasteiger partial charge in [0.05, 0.1) is 9.79 Å². The summed E-state index contributed by atoms with van der Waals surface area (Å²) in [4.78, 5) is 0.131. The second-order valence-electron chi connectivity index (χ2n) is 8.55. The van der Waals surface area contributed by atoms with Crippen molar-refractivity contribution in [3.05, 3.63) is 107 Å². The summed E-state index contributed by atoms with van der Waals surface area (Å²) in [5.74, 6) is -0.0456. The molecule has 0 fully saturated rings. The molecule has 35 heavy (non-hydrogen) atoms. The lowest BCUT2D eigenvalue weighted by Gasteiger charge is -2.29. The Morgan fingerprint density at radius 1 is 0.714 bits per heavy atom. The molecule has 0 spiro atoms. The number of aryl methyl sites for hydroxylation is 2. The molecule has 0 unspecified atom stereocenters. The number of nitrogens with zero attached hydrogens (tertiary/aromatic N) is 1. The highest BCUT2D eigenvalue weighted by Gasteiger charge is 2.33. The van der Waals surface area contributed by atoms with E-state index in [1.165, 1.54) is 12.1 Å². The summed E-state index contributed by atoms with van der Waals surface area (Å²) in [6.07, 6.45) is 4.50. The largest absolute Gasteiger partial charge is 0.269 e. The molecule has 1 heterocycles. The third-order valence-corrected chi connectivity index (χ3v) is 8.88. The predicted molar refractivity (Wildman–Crippen MR) is 139 cm³/mol. The fourth-order valence-electron chi connectivity index (χ4n) is 3.89. The SMILES string of the molecule is CCCC1=Cc2ccccc2C=C(NS(=O)(=O)c2ccc(C)cc2)N1S(=O)(=O)c1ccc(C)cc1. The maximum absolute atomic E-state index is 14.0. The number of benzene rings is 3. The molecule has 0 amide bonds. The molecule has 1 aliphatic rings. The van der Waals surface area contributed by atoms with Gasteiger partial charge in [-0.05, 0) is 67.8 Å². The highest BCUT2D eigenvalue weighted by atomic mass is 32.2. The Bertz CT molecular complexity index is 1500. The molecule has 3 aromatic rings. The van der Waals surface area contributed by atoms with Gasteiger partial charge in [-0.25, -0.2) is 21.1 Å². The summed E-state index contributed by atoms with van der Waals surface area (Å²) in [7, 11) is -8.20. The summed E-state index contributed by atoms with van der Waals surface area (Å²) in [6.45, 7) is 5.70. The molecule has 0 bridgehead atoms. The van der Waals surface area contributed by atoms with Gasteiger partial charge in [0.1, 0.15) is 5.82 Å². The van der Waals surface area contributed by atoms with Crippen molar-refractivity contribution < 1.29 is 16.8 Å². The van der Waals surface area contributed by atoms with Crippen molar-refractivity contribution in [2.45, 2.75) is 43.4 Å². The van der Waals surface area contributed by atoms with E-state index in [4.69, 9.17) is 0 Å². The predicted octanol–water partition coefficient (Wildman–Crippen LogP) is 5.43. The molecule has 1 aliphatic heterocycles. The first-order valence-corrected chi connectivity index (χ1v) is 14.3. The van der Waals surface area contributed by atoms with Gasteiger partial charge in [-0.2, -0.15) is 0 Å². The number of rotatable bonds is 7. The Hall–Kier alpha value is -3.36. The van der Waals surface area contributed by atoms with Gasteiger partial charge in [0.15, 0.2) is 0 Å². The third kappa shape index (κ3) is 5.18. The van der Waals surface area contributed by atoms with Crippen LogP contribution in [0.4, 0.5) is 0 Å². The second-order valence-corrected chi connectivity index (χ2v) is 12.0. The average molecular weight is 509 g/mol. The van der Waals surface area contributed by atoms with Gasteiger partial charge in [-0.1, -0.05) is 73.0 Å². The van der Waals surface area contributed by atoms with Gasteiger partial charge < -0.3 is 0 Å². The second kappa shape index (κ2) is 9.71. The van der Waals surface area contributed by atoms with Crippen LogP contribution in [0.3, 0.4) is 0 Å². The van der Waals surface area contributed by atoms with E-state index in [0.717, 1.165) is 21.0 Å². The van der Waals surface area contributed by atoms with Crippen LogP contribution in [0, 0.1) is 13.8 Å². The fraction of sp³-hybridized carbons (Fsp3) is 0.185. The summed E-state index contributed by atoms with van der Waals surface area (Å²) in [5.41, 5.74) is 3.85. The molecule has 0 atom stereocenters. The topological polar surface area (TPSA) is 83.6 Å². The van der Waals surface area contributed by atoms with Crippen LogP contribution in [0.15, 0.2) is 94.1 Å². The lowest BCUT2D eigenvalue weighted by Crippen LogP contribution is -2.38. The van der Waals surface area contributed by atoms with Crippen LogP contribution in [0.2, 0.25) is 0 Å². The molecule has 4 rings (SSSR count). The molecule has 0 radical (unpaired) electrons. The van der Waals surface area contributed by atoms with Crippen LogP contribution in [-0.2, 0) is 20.0 Å². The lowest BCUT2D eigenvalue weighted by molar-refractivity contribution is 0.506. The number of nitrogens with one attached hydrogen (secondary N) is 1. The molecule has 0 saturated heterocycles. The summed E-state index contributed by atoms with van der Waals surface area (Å²) >= 11 is 0. The number of fused-ring (bicyclic) bond motifs is 1. The van der Waals surface area contributed by atoms with E-state index >= 15 is 0 Å². The first kappa shape index (κ1) is 24.8. The summed E-state index contributed by atoms with van der Waals surface area (Å²) < 4.78 is 58.4. The minimum absolute atomic E-state index is 0.0456. The fourth-order valence-corrected chi connectivity index (χ4v) is 6.48. The number of sulfonamides is 2. The molecule has 0 saturated carbocycles. The number of allylic oxidation sites excluding steroid dienone is 1. The van der Waals surface area contributed by atoms with Gasteiger partial charge in [-0.15, -0.1) is 0 Å². The van der Waals surface area contributed by atoms with Gasteiger partial charge in [-0.3, -0.25) is 4.72 Å². The molecule has 1 N–H and O–H groups in total. The van der Waals surface area contributed by atoms with Crippen molar-refractivity contribution in [1.82, 2.24) is 9.03 Å². The van der Waals surface area contributed by atoms with Crippen molar-refractivity contribution in [3.63, 3.8) is 0 Å². The minimum Gasteiger partial charge on any atom is -0.264 e. The lowest BCUT2D eigenvalue weighted by atomic mass is 10.1. The number of hydrogen-bond donors (Lipinski definition) is 1. The monoisotopic (exact) mass is 508 g/mol. The highest BCUT2D eigenvalue weighted by Crippen LogP contribution is 2.33. The van der Waals surface area contributed by atoms with Crippen molar-refractivity contribution in [2.75, 3.05) is 0 Å². The maximum atomic E-state index is 14.0. The van der Waals surface area contributed by atoms with E-state index in [0.29, 0.717) is 24.1 Å². The first-order chi connectivity index (χ1) is 16.6. The zero-order chi connectivity index (χ0) is 25.2. The molecular weight excluding hydrogens is 480 g/mol. The van der Waals surface area contributed by atoms with E-state index < -0.39 is 20.0 Å². The van der Waals surface area contributed by atoms with Crippen LogP contribution < -0.4 is 4.72 Å². The Morgan fingerprint density at radius 3 is 1.77 bits per heavy atom. The van der Waals surface area contributed by atoms with Crippen LogP contribution in [0.5, 0.6) is 0 Å². The molecule has 3 aromatic carbocycles. The third-order valence-electron chi connectivity index (χ3n) is 5.73. The molecule has 0 aliphatic carbocycles. The van der Waals surface area contributed by atoms with Crippen LogP contribution in [0.25, 0.3) is 12.2 Å². The Morgan fingerprint density at radius 2 is 1.23 bits per heavy atom. The van der Waals surface area contributed by atoms with E-state index in [2.05, 4.69) is 4.72 Å². The summed E-state index contributed by atoms with van der Waals surface area (Å²) in [5, 5.41) is 0. The molecule has 0 aromatic heterocycles. The van der Waals surface area contributed by atoms with E-state index in [1.54, 1.807) is 42.5 Å². The van der Waals surface area contributed by atoms with Crippen LogP contribution in [0.1, 0.15) is 42.0 Å². The number of hydrogen-bond acceptors (Lipinski definition) is 4. The van der Waals surface area contributed by atoms with E-state index in [1.807, 2.05) is 51.1 Å². The molecule has 6 nitrogen and oxygen atoms in total. The Labute approximate surface area is 207 Å². The van der Waals surface area contributed by atoms with Crippen LogP contribution in [-0.4, -0.2) is 21.1 Å². The van der Waals surface area contributed by atoms with Gasteiger partial charge >= 0.3 is 0 Å². The maximum Gasteiger partial charge on any atom is 0.269 e. The summed E-state index contributed by atoms with van der Waals surface area (Å²) in [6, 6.07) is 20.4. The van der Waals surface area contributed by atoms with Crippen molar-refractivity contribution >= 4 is 32.2 Å². The minimum atomic E-state index is -4.13. The van der Waals surface area contributed by atoms with Crippen molar-refractivity contribution in [1.29, 1.82) is 0 Å². The smallest absolute Gasteiger partial charge is 0.264 e. The first-order valence-electron chi connectivity index (χ1n) is 11.3. The van der Waals surface area contributed by atoms with E-state index in [9.17, 15) is 16.8 Å². The zero-order valence-corrected chi connectivity index (χ0v) is 21.5. The molecular formula is C27H28N2O4S2. The van der Waals surface area contributed by atoms with Crippen LogP contribution >= 0.6 is 0 Å². The quantitative estimate of drug-likeness (QED) is 0.462. The normalized spacial score (nSPS) is 14.0. The van der Waals surface area contributed by atoms with Gasteiger partial charge in [0.25, 0.3) is 20.0 Å². The van der Waals surface area contributed by atoms with Gasteiger partial charge in [0.2, 0.25) is 0 Å².